The third-order valence-electron chi connectivity index (χ3n) is 2.94. The largest absolute Gasteiger partial charge is 0.475 e. The summed E-state index contributed by atoms with van der Waals surface area (Å²) in [6, 6.07) is 2.94. The quantitative estimate of drug-likeness (QED) is 0.895. The maximum absolute atomic E-state index is 13.6. The van der Waals surface area contributed by atoms with Gasteiger partial charge in [0.2, 0.25) is 0 Å². The molecule has 5 nitrogen and oxygen atoms in total. The first-order valence-electron chi connectivity index (χ1n) is 6.28. The molecule has 0 aliphatic rings. The normalized spacial score (nSPS) is 11.7. The van der Waals surface area contributed by atoms with Crippen molar-refractivity contribution in [2.24, 2.45) is 0 Å². The summed E-state index contributed by atoms with van der Waals surface area (Å²) in [5, 5.41) is 13.1. The Hall–Kier alpha value is -1.76. The molecule has 0 aliphatic heterocycles. The zero-order chi connectivity index (χ0) is 15.9. The molecule has 0 aliphatic carbocycles. The van der Waals surface area contributed by atoms with Crippen LogP contribution >= 0.6 is 15.9 Å². The van der Waals surface area contributed by atoms with Crippen LogP contribution in [-0.4, -0.2) is 25.8 Å². The molecule has 21 heavy (non-hydrogen) atoms. The van der Waals surface area contributed by atoms with Crippen molar-refractivity contribution in [3.05, 3.63) is 39.6 Å². The molecule has 1 aromatic carbocycles. The van der Waals surface area contributed by atoms with E-state index in [4.69, 9.17) is 5.11 Å². The Labute approximate surface area is 129 Å². The number of aryl methyl sites for hydroxylation is 1. The second-order valence-corrected chi connectivity index (χ2v) is 6.63. The molecule has 0 saturated carbocycles. The van der Waals surface area contributed by atoms with Gasteiger partial charge in [-0.15, -0.1) is 5.10 Å². The number of hydrogen-bond donors (Lipinski definition) is 1. The second-order valence-electron chi connectivity index (χ2n) is 5.78. The summed E-state index contributed by atoms with van der Waals surface area (Å²) >= 11 is 3.14. The number of carbonyl (C=O) groups is 1. The molecule has 0 fully saturated rings. The van der Waals surface area contributed by atoms with Gasteiger partial charge in [0.15, 0.2) is 0 Å². The molecule has 2 rings (SSSR count). The number of rotatable bonds is 2. The van der Waals surface area contributed by atoms with E-state index in [1.165, 1.54) is 10.7 Å². The summed E-state index contributed by atoms with van der Waals surface area (Å²) in [7, 11) is 0. The Morgan fingerprint density at radius 3 is 2.52 bits per heavy atom. The molecule has 112 valence electrons. The summed E-state index contributed by atoms with van der Waals surface area (Å²) < 4.78 is 15.3. The monoisotopic (exact) mass is 355 g/mol. The van der Waals surface area contributed by atoms with Crippen LogP contribution in [0.2, 0.25) is 0 Å². The van der Waals surface area contributed by atoms with E-state index >= 15 is 0 Å². The Morgan fingerprint density at radius 1 is 1.38 bits per heavy atom. The molecular weight excluding hydrogens is 341 g/mol. The van der Waals surface area contributed by atoms with E-state index in [-0.39, 0.29) is 16.1 Å². The molecule has 0 spiro atoms. The fraction of sp³-hybridized carbons (Fsp3) is 0.357. The van der Waals surface area contributed by atoms with E-state index in [2.05, 4.69) is 26.0 Å². The first kappa shape index (κ1) is 15.6. The lowest BCUT2D eigenvalue weighted by Gasteiger charge is -2.19. The SMILES string of the molecule is Cc1cc(F)c(Br)cc1-n1nc(C(=O)O)nc1C(C)(C)C. The Bertz CT molecular complexity index is 720. The summed E-state index contributed by atoms with van der Waals surface area (Å²) in [5.74, 6) is -1.36. The predicted octanol–water partition coefficient (Wildman–Crippen LogP) is 3.47. The summed E-state index contributed by atoms with van der Waals surface area (Å²) in [6.45, 7) is 7.46. The fourth-order valence-corrected chi connectivity index (χ4v) is 2.25. The summed E-state index contributed by atoms with van der Waals surface area (Å²) in [5.41, 5.74) is 0.824. The maximum Gasteiger partial charge on any atom is 0.375 e. The zero-order valence-corrected chi connectivity index (χ0v) is 13.7. The number of carboxylic acids is 1. The molecule has 0 saturated heterocycles. The van der Waals surface area contributed by atoms with Crippen molar-refractivity contribution in [2.45, 2.75) is 33.1 Å². The van der Waals surface area contributed by atoms with Crippen LogP contribution in [0.3, 0.4) is 0 Å². The van der Waals surface area contributed by atoms with Gasteiger partial charge in [0, 0.05) is 5.41 Å². The van der Waals surface area contributed by atoms with Crippen LogP contribution in [-0.2, 0) is 5.41 Å². The van der Waals surface area contributed by atoms with Gasteiger partial charge in [-0.1, -0.05) is 20.8 Å². The second kappa shape index (κ2) is 5.22. The Morgan fingerprint density at radius 2 is 2.00 bits per heavy atom. The van der Waals surface area contributed by atoms with Crippen molar-refractivity contribution < 1.29 is 14.3 Å². The van der Waals surface area contributed by atoms with Crippen LogP contribution in [0.25, 0.3) is 5.69 Å². The highest BCUT2D eigenvalue weighted by Gasteiger charge is 2.26. The summed E-state index contributed by atoms with van der Waals surface area (Å²) in [6.07, 6.45) is 0. The minimum atomic E-state index is -1.20. The van der Waals surface area contributed by atoms with Crippen LogP contribution in [0.4, 0.5) is 4.39 Å². The smallest absolute Gasteiger partial charge is 0.375 e. The molecule has 2 aromatic rings. The number of nitrogens with zero attached hydrogens (tertiary/aromatic N) is 3. The van der Waals surface area contributed by atoms with Crippen LogP contribution in [0.1, 0.15) is 42.8 Å². The van der Waals surface area contributed by atoms with Crippen molar-refractivity contribution in [1.82, 2.24) is 14.8 Å². The van der Waals surface area contributed by atoms with Crippen molar-refractivity contribution in [2.75, 3.05) is 0 Å². The molecule has 0 atom stereocenters. The minimum absolute atomic E-state index is 0.278. The van der Waals surface area contributed by atoms with Crippen LogP contribution < -0.4 is 0 Å². The van der Waals surface area contributed by atoms with E-state index in [1.807, 2.05) is 20.8 Å². The highest BCUT2D eigenvalue weighted by atomic mass is 79.9. The van der Waals surface area contributed by atoms with Crippen molar-refractivity contribution in [3.63, 3.8) is 0 Å². The standard InChI is InChI=1S/C14H15BrFN3O2/c1-7-5-9(16)8(15)6-10(7)19-13(14(2,3)4)17-11(18-19)12(20)21/h5-6H,1-4H3,(H,20,21). The lowest BCUT2D eigenvalue weighted by molar-refractivity contribution is 0.0683. The highest BCUT2D eigenvalue weighted by molar-refractivity contribution is 9.10. The van der Waals surface area contributed by atoms with Crippen molar-refractivity contribution in [3.8, 4) is 5.69 Å². The number of halogens is 2. The molecular formula is C14H15BrFN3O2. The molecule has 1 aromatic heterocycles. The van der Waals surface area contributed by atoms with Gasteiger partial charge in [-0.2, -0.15) is 0 Å². The molecule has 1 heterocycles. The predicted molar refractivity (Wildman–Crippen MR) is 79.4 cm³/mol. The summed E-state index contributed by atoms with van der Waals surface area (Å²) in [4.78, 5) is 15.2. The van der Waals surface area contributed by atoms with E-state index in [9.17, 15) is 9.18 Å². The van der Waals surface area contributed by atoms with Crippen LogP contribution in [0.15, 0.2) is 16.6 Å². The highest BCUT2D eigenvalue weighted by Crippen LogP contribution is 2.28. The molecule has 1 N–H and O–H groups in total. The average molecular weight is 356 g/mol. The average Bonchev–Trinajstić information content (AvgIpc) is 2.78. The van der Waals surface area contributed by atoms with Crippen molar-refractivity contribution in [1.29, 1.82) is 0 Å². The first-order valence-corrected chi connectivity index (χ1v) is 7.07. The van der Waals surface area contributed by atoms with E-state index < -0.39 is 11.4 Å². The zero-order valence-electron chi connectivity index (χ0n) is 12.1. The number of aromatic nitrogens is 3. The minimum Gasteiger partial charge on any atom is -0.475 e. The van der Waals surface area contributed by atoms with Gasteiger partial charge in [0.1, 0.15) is 11.6 Å². The molecule has 7 heteroatoms. The van der Waals surface area contributed by atoms with E-state index in [0.29, 0.717) is 17.1 Å². The third kappa shape index (κ3) is 2.97. The Kier molecular flexibility index (Phi) is 3.88. The van der Waals surface area contributed by atoms with Gasteiger partial charge in [-0.3, -0.25) is 0 Å². The molecule has 0 unspecified atom stereocenters. The number of carboxylic acid groups (broad SMARTS) is 1. The lowest BCUT2D eigenvalue weighted by Crippen LogP contribution is -2.19. The van der Waals surface area contributed by atoms with Gasteiger partial charge in [-0.05, 0) is 40.5 Å². The first-order chi connectivity index (χ1) is 9.61. The maximum atomic E-state index is 13.6. The lowest BCUT2D eigenvalue weighted by atomic mass is 9.95. The van der Waals surface area contributed by atoms with Gasteiger partial charge in [0.25, 0.3) is 5.82 Å². The topological polar surface area (TPSA) is 68.0 Å². The number of benzene rings is 1. The van der Waals surface area contributed by atoms with Gasteiger partial charge < -0.3 is 5.11 Å². The van der Waals surface area contributed by atoms with E-state index in [1.54, 1.807) is 13.0 Å². The molecule has 0 bridgehead atoms. The third-order valence-corrected chi connectivity index (χ3v) is 3.54. The van der Waals surface area contributed by atoms with E-state index in [0.717, 1.165) is 0 Å². The molecule has 0 amide bonds. The number of aromatic carboxylic acids is 1. The Balaban J connectivity index is 2.74. The van der Waals surface area contributed by atoms with Gasteiger partial charge >= 0.3 is 5.97 Å². The van der Waals surface area contributed by atoms with Crippen molar-refractivity contribution >= 4 is 21.9 Å². The molecule has 0 radical (unpaired) electrons. The van der Waals surface area contributed by atoms with Gasteiger partial charge in [0.05, 0.1) is 10.2 Å². The van der Waals surface area contributed by atoms with Crippen LogP contribution in [0.5, 0.6) is 0 Å². The van der Waals surface area contributed by atoms with Crippen LogP contribution in [0, 0.1) is 12.7 Å². The number of hydrogen-bond acceptors (Lipinski definition) is 3. The fourth-order valence-electron chi connectivity index (χ4n) is 1.92. The van der Waals surface area contributed by atoms with Gasteiger partial charge in [-0.25, -0.2) is 18.9 Å².